The molecule has 0 heterocycles. The Kier molecular flexibility index (Phi) is 5.11. The summed E-state index contributed by atoms with van der Waals surface area (Å²) in [5.41, 5.74) is 0. The van der Waals surface area contributed by atoms with Gasteiger partial charge in [-0.1, -0.05) is 20.3 Å². The van der Waals surface area contributed by atoms with Crippen molar-refractivity contribution in [2.24, 2.45) is 5.92 Å². The van der Waals surface area contributed by atoms with Gasteiger partial charge in [0.1, 0.15) is 0 Å². The Hall–Kier alpha value is -0.550. The molecule has 2 nitrogen and oxygen atoms in total. The fourth-order valence-electron chi connectivity index (χ4n) is 2.69. The molecule has 1 aliphatic carbocycles. The van der Waals surface area contributed by atoms with E-state index in [2.05, 4.69) is 31.9 Å². The van der Waals surface area contributed by atoms with Gasteiger partial charge in [0.15, 0.2) is 0 Å². The van der Waals surface area contributed by atoms with Gasteiger partial charge in [-0.3, -0.25) is 4.90 Å². The summed E-state index contributed by atoms with van der Waals surface area (Å²) in [5.74, 6) is 0.941. The minimum atomic E-state index is 0.119. The van der Waals surface area contributed by atoms with E-state index in [0.29, 0.717) is 6.04 Å². The molecule has 1 aliphatic rings. The average Bonchev–Trinajstić information content (AvgIpc) is 2.30. The zero-order valence-corrected chi connectivity index (χ0v) is 10.4. The molecular formula is C13H24N2. The maximum absolute atomic E-state index is 9.03. The maximum atomic E-state index is 9.03. The summed E-state index contributed by atoms with van der Waals surface area (Å²) < 4.78 is 0. The Bertz CT molecular complexity index is 211. The lowest BCUT2D eigenvalue weighted by molar-refractivity contribution is 0.139. The molecule has 2 heteroatoms. The molecule has 0 amide bonds. The summed E-state index contributed by atoms with van der Waals surface area (Å²) in [4.78, 5) is 2.30. The summed E-state index contributed by atoms with van der Waals surface area (Å²) in [6.07, 6.45) is 7.55. The average molecular weight is 208 g/mol. The minimum absolute atomic E-state index is 0.119. The zero-order chi connectivity index (χ0) is 11.3. The number of rotatable bonds is 4. The Morgan fingerprint density at radius 2 is 1.87 bits per heavy atom. The monoisotopic (exact) mass is 208 g/mol. The van der Waals surface area contributed by atoms with Gasteiger partial charge in [0.2, 0.25) is 0 Å². The van der Waals surface area contributed by atoms with Crippen molar-refractivity contribution in [2.45, 2.75) is 64.5 Å². The van der Waals surface area contributed by atoms with Gasteiger partial charge in [-0.25, -0.2) is 0 Å². The first-order valence-corrected chi connectivity index (χ1v) is 6.34. The van der Waals surface area contributed by atoms with Gasteiger partial charge < -0.3 is 0 Å². The molecule has 1 fully saturated rings. The molecule has 1 unspecified atom stereocenters. The van der Waals surface area contributed by atoms with Crippen LogP contribution in [0.4, 0.5) is 0 Å². The van der Waals surface area contributed by atoms with E-state index in [0.717, 1.165) is 12.3 Å². The molecule has 0 bridgehead atoms. The van der Waals surface area contributed by atoms with E-state index >= 15 is 0 Å². The topological polar surface area (TPSA) is 27.0 Å². The van der Waals surface area contributed by atoms with E-state index in [1.54, 1.807) is 0 Å². The van der Waals surface area contributed by atoms with E-state index in [-0.39, 0.29) is 6.04 Å². The van der Waals surface area contributed by atoms with Crippen LogP contribution in [0.3, 0.4) is 0 Å². The minimum Gasteiger partial charge on any atom is -0.288 e. The molecule has 1 rings (SSSR count). The van der Waals surface area contributed by atoms with Crippen LogP contribution in [0.2, 0.25) is 0 Å². The van der Waals surface area contributed by atoms with Crippen LogP contribution in [0, 0.1) is 17.2 Å². The molecule has 0 saturated heterocycles. The number of hydrogen-bond acceptors (Lipinski definition) is 2. The van der Waals surface area contributed by atoms with Crippen LogP contribution in [0.1, 0.15) is 52.4 Å². The van der Waals surface area contributed by atoms with Crippen molar-refractivity contribution in [2.75, 3.05) is 7.05 Å². The molecule has 0 radical (unpaired) electrons. The van der Waals surface area contributed by atoms with E-state index < -0.39 is 0 Å². The highest BCUT2D eigenvalue weighted by atomic mass is 15.2. The fourth-order valence-corrected chi connectivity index (χ4v) is 2.69. The van der Waals surface area contributed by atoms with Crippen molar-refractivity contribution in [1.82, 2.24) is 4.90 Å². The molecule has 0 N–H and O–H groups in total. The van der Waals surface area contributed by atoms with E-state index in [1.165, 1.54) is 32.1 Å². The predicted molar refractivity (Wildman–Crippen MR) is 63.5 cm³/mol. The second kappa shape index (κ2) is 6.12. The summed E-state index contributed by atoms with van der Waals surface area (Å²) in [7, 11) is 2.12. The van der Waals surface area contributed by atoms with Crippen molar-refractivity contribution >= 4 is 0 Å². The first kappa shape index (κ1) is 12.5. The van der Waals surface area contributed by atoms with Gasteiger partial charge in [0, 0.05) is 6.04 Å². The van der Waals surface area contributed by atoms with Gasteiger partial charge in [0.05, 0.1) is 12.1 Å². The smallest absolute Gasteiger partial charge is 0.0975 e. The third-order valence-electron chi connectivity index (χ3n) is 4.00. The van der Waals surface area contributed by atoms with E-state index in [4.69, 9.17) is 5.26 Å². The van der Waals surface area contributed by atoms with Crippen LogP contribution < -0.4 is 0 Å². The molecular weight excluding hydrogens is 184 g/mol. The molecule has 86 valence electrons. The van der Waals surface area contributed by atoms with Gasteiger partial charge in [-0.15, -0.1) is 0 Å². The van der Waals surface area contributed by atoms with Gasteiger partial charge in [-0.2, -0.15) is 5.26 Å². The summed E-state index contributed by atoms with van der Waals surface area (Å²) in [5, 5.41) is 9.03. The van der Waals surface area contributed by atoms with Crippen molar-refractivity contribution in [3.8, 4) is 6.07 Å². The molecule has 0 aromatic rings. The largest absolute Gasteiger partial charge is 0.288 e. The normalized spacial score (nSPS) is 28.7. The SMILES string of the molecule is CCC1CCC(N(C)C(C#N)CC)CC1. The van der Waals surface area contributed by atoms with Crippen LogP contribution >= 0.6 is 0 Å². The first-order chi connectivity index (χ1) is 7.22. The molecule has 0 aliphatic heterocycles. The molecule has 0 aromatic carbocycles. The fraction of sp³-hybridized carbons (Fsp3) is 0.923. The maximum Gasteiger partial charge on any atom is 0.0975 e. The highest BCUT2D eigenvalue weighted by Crippen LogP contribution is 2.29. The van der Waals surface area contributed by atoms with Crippen LogP contribution in [0.15, 0.2) is 0 Å². The van der Waals surface area contributed by atoms with Crippen LogP contribution in [0.25, 0.3) is 0 Å². The summed E-state index contributed by atoms with van der Waals surface area (Å²) >= 11 is 0. The Balaban J connectivity index is 2.42. The van der Waals surface area contributed by atoms with Gasteiger partial charge in [-0.05, 0) is 45.1 Å². The van der Waals surface area contributed by atoms with E-state index in [1.807, 2.05) is 0 Å². The standard InChI is InChI=1S/C13H24N2/c1-4-11-6-8-13(9-7-11)15(3)12(5-2)10-14/h11-13H,4-9H2,1-3H3. The van der Waals surface area contributed by atoms with Crippen LogP contribution in [-0.4, -0.2) is 24.0 Å². The van der Waals surface area contributed by atoms with E-state index in [9.17, 15) is 0 Å². The third-order valence-corrected chi connectivity index (χ3v) is 4.00. The Labute approximate surface area is 94.3 Å². The van der Waals surface area contributed by atoms with Crippen molar-refractivity contribution < 1.29 is 0 Å². The molecule has 1 saturated carbocycles. The predicted octanol–water partition coefficient (Wildman–Crippen LogP) is 3.19. The number of hydrogen-bond donors (Lipinski definition) is 0. The lowest BCUT2D eigenvalue weighted by Gasteiger charge is -2.36. The van der Waals surface area contributed by atoms with Gasteiger partial charge >= 0.3 is 0 Å². The highest BCUT2D eigenvalue weighted by molar-refractivity contribution is 4.93. The lowest BCUT2D eigenvalue weighted by atomic mass is 9.83. The second-order valence-electron chi connectivity index (χ2n) is 4.80. The van der Waals surface area contributed by atoms with Crippen LogP contribution in [-0.2, 0) is 0 Å². The molecule has 1 atom stereocenters. The quantitative estimate of drug-likeness (QED) is 0.709. The van der Waals surface area contributed by atoms with Crippen molar-refractivity contribution in [3.05, 3.63) is 0 Å². The number of nitriles is 1. The number of nitrogens with zero attached hydrogens (tertiary/aromatic N) is 2. The Morgan fingerprint density at radius 1 is 1.27 bits per heavy atom. The summed E-state index contributed by atoms with van der Waals surface area (Å²) in [6.45, 7) is 4.39. The third kappa shape index (κ3) is 3.21. The van der Waals surface area contributed by atoms with Crippen molar-refractivity contribution in [3.63, 3.8) is 0 Å². The molecule has 0 spiro atoms. The zero-order valence-electron chi connectivity index (χ0n) is 10.4. The molecule has 15 heavy (non-hydrogen) atoms. The first-order valence-electron chi connectivity index (χ1n) is 6.34. The highest BCUT2D eigenvalue weighted by Gasteiger charge is 2.26. The van der Waals surface area contributed by atoms with Gasteiger partial charge in [0.25, 0.3) is 0 Å². The second-order valence-corrected chi connectivity index (χ2v) is 4.80. The summed E-state index contributed by atoms with van der Waals surface area (Å²) in [6, 6.07) is 3.17. The van der Waals surface area contributed by atoms with Crippen molar-refractivity contribution in [1.29, 1.82) is 5.26 Å². The molecule has 0 aromatic heterocycles. The lowest BCUT2D eigenvalue weighted by Crippen LogP contribution is -2.41. The van der Waals surface area contributed by atoms with Crippen LogP contribution in [0.5, 0.6) is 0 Å². The Morgan fingerprint density at radius 3 is 2.27 bits per heavy atom.